The molecule has 0 bridgehead atoms. The van der Waals surface area contributed by atoms with Gasteiger partial charge in [0.25, 0.3) is 0 Å². The Kier molecular flexibility index (Phi) is 9.31. The molecule has 0 N–H and O–H groups in total. The molecule has 0 spiro atoms. The Labute approximate surface area is 203 Å². The van der Waals surface area contributed by atoms with E-state index < -0.39 is 0 Å². The fourth-order valence-corrected chi connectivity index (χ4v) is 4.78. The van der Waals surface area contributed by atoms with Gasteiger partial charge >= 0.3 is 0 Å². The Bertz CT molecular complexity index is 929. The minimum atomic E-state index is -0.243. The number of rotatable bonds is 10. The van der Waals surface area contributed by atoms with E-state index in [1.165, 1.54) is 18.6 Å². The molecular weight excluding hydrogens is 429 g/mol. The normalized spacial score (nSPS) is 14.6. The van der Waals surface area contributed by atoms with Gasteiger partial charge in [0.1, 0.15) is 5.82 Å². The largest absolute Gasteiger partial charge is 0.345 e. The van der Waals surface area contributed by atoms with E-state index in [0.717, 1.165) is 36.9 Å². The molecule has 6 heteroatoms. The summed E-state index contributed by atoms with van der Waals surface area (Å²) in [6.45, 7) is 9.28. The number of halogens is 1. The second-order valence-electron chi connectivity index (χ2n) is 10.3. The van der Waals surface area contributed by atoms with Crippen molar-refractivity contribution in [2.24, 2.45) is 5.92 Å². The highest BCUT2D eigenvalue weighted by Crippen LogP contribution is 2.25. The molecule has 0 saturated heterocycles. The Morgan fingerprint density at radius 3 is 2.29 bits per heavy atom. The van der Waals surface area contributed by atoms with Crippen molar-refractivity contribution in [1.82, 2.24) is 14.4 Å². The summed E-state index contributed by atoms with van der Waals surface area (Å²) in [7, 11) is 0. The van der Waals surface area contributed by atoms with Crippen LogP contribution in [0.5, 0.6) is 0 Å². The average molecular weight is 470 g/mol. The molecule has 1 aromatic carbocycles. The number of aromatic nitrogens is 1. The monoisotopic (exact) mass is 469 g/mol. The quantitative estimate of drug-likeness (QED) is 0.453. The summed E-state index contributed by atoms with van der Waals surface area (Å²) < 4.78 is 15.4. The van der Waals surface area contributed by atoms with Crippen LogP contribution in [-0.4, -0.2) is 44.8 Å². The van der Waals surface area contributed by atoms with Crippen molar-refractivity contribution in [3.63, 3.8) is 0 Å². The highest BCUT2D eigenvalue weighted by molar-refractivity contribution is 5.85. The first-order chi connectivity index (χ1) is 16.2. The SMILES string of the molecule is CC(C)CC(=O)N(CC(=O)N(Cc1cccn1Cc1ccc(F)cc1)C1CCCCC1)C(C)C. The molecule has 1 aliphatic carbocycles. The van der Waals surface area contributed by atoms with E-state index in [1.807, 2.05) is 44.9 Å². The molecule has 2 aromatic rings. The topological polar surface area (TPSA) is 45.6 Å². The van der Waals surface area contributed by atoms with Gasteiger partial charge in [-0.1, -0.05) is 45.2 Å². The van der Waals surface area contributed by atoms with Gasteiger partial charge in [-0.2, -0.15) is 0 Å². The summed E-state index contributed by atoms with van der Waals surface area (Å²) in [4.78, 5) is 30.3. The van der Waals surface area contributed by atoms with Crippen LogP contribution in [0.25, 0.3) is 0 Å². The lowest BCUT2D eigenvalue weighted by Gasteiger charge is -2.37. The van der Waals surface area contributed by atoms with E-state index in [4.69, 9.17) is 0 Å². The molecule has 186 valence electrons. The number of carbonyl (C=O) groups excluding carboxylic acids is 2. The molecule has 1 aromatic heterocycles. The predicted octanol–water partition coefficient (Wildman–Crippen LogP) is 5.62. The number of benzene rings is 1. The van der Waals surface area contributed by atoms with Crippen LogP contribution >= 0.6 is 0 Å². The van der Waals surface area contributed by atoms with Gasteiger partial charge in [-0.25, -0.2) is 4.39 Å². The zero-order valence-electron chi connectivity index (χ0n) is 21.2. The Morgan fingerprint density at radius 1 is 1.00 bits per heavy atom. The predicted molar refractivity (Wildman–Crippen MR) is 134 cm³/mol. The standard InChI is InChI=1S/C28H40FN3O2/c1-21(2)17-27(33)31(22(3)4)20-28(34)32(25-9-6-5-7-10-25)19-26-11-8-16-30(26)18-23-12-14-24(29)15-13-23/h8,11-16,21-22,25H,5-7,9-10,17-20H2,1-4H3. The highest BCUT2D eigenvalue weighted by atomic mass is 19.1. The molecule has 1 fully saturated rings. The molecule has 0 unspecified atom stereocenters. The second kappa shape index (κ2) is 12.2. The molecule has 2 amide bonds. The summed E-state index contributed by atoms with van der Waals surface area (Å²) in [6.07, 6.45) is 7.95. The number of carbonyl (C=O) groups is 2. The lowest BCUT2D eigenvalue weighted by molar-refractivity contribution is -0.144. The van der Waals surface area contributed by atoms with Gasteiger partial charge in [-0.15, -0.1) is 0 Å². The summed E-state index contributed by atoms with van der Waals surface area (Å²) in [5, 5.41) is 0. The number of hydrogen-bond acceptors (Lipinski definition) is 2. The Balaban J connectivity index is 1.79. The van der Waals surface area contributed by atoms with Crippen molar-refractivity contribution in [2.45, 2.75) is 91.4 Å². The van der Waals surface area contributed by atoms with Crippen LogP contribution < -0.4 is 0 Å². The summed E-state index contributed by atoms with van der Waals surface area (Å²) >= 11 is 0. The van der Waals surface area contributed by atoms with Crippen LogP contribution in [-0.2, 0) is 22.7 Å². The Morgan fingerprint density at radius 2 is 1.68 bits per heavy atom. The lowest BCUT2D eigenvalue weighted by atomic mass is 9.94. The molecule has 1 saturated carbocycles. The van der Waals surface area contributed by atoms with Gasteiger partial charge in [-0.05, 0) is 62.4 Å². The minimum absolute atomic E-state index is 0.0206. The number of nitrogens with zero attached hydrogens (tertiary/aromatic N) is 3. The smallest absolute Gasteiger partial charge is 0.242 e. The van der Waals surface area contributed by atoms with E-state index in [1.54, 1.807) is 17.0 Å². The first-order valence-electron chi connectivity index (χ1n) is 12.7. The van der Waals surface area contributed by atoms with E-state index in [0.29, 0.717) is 19.5 Å². The van der Waals surface area contributed by atoms with Crippen molar-refractivity contribution in [3.05, 3.63) is 59.7 Å². The van der Waals surface area contributed by atoms with Crippen molar-refractivity contribution in [1.29, 1.82) is 0 Å². The molecule has 1 heterocycles. The summed E-state index contributed by atoms with van der Waals surface area (Å²) in [5.41, 5.74) is 2.06. The number of hydrogen-bond donors (Lipinski definition) is 0. The van der Waals surface area contributed by atoms with Crippen LogP contribution in [0.3, 0.4) is 0 Å². The molecule has 1 aliphatic rings. The highest BCUT2D eigenvalue weighted by Gasteiger charge is 2.29. The molecule has 5 nitrogen and oxygen atoms in total. The van der Waals surface area contributed by atoms with Crippen LogP contribution in [0.15, 0.2) is 42.6 Å². The Hall–Kier alpha value is -2.63. The van der Waals surface area contributed by atoms with Gasteiger partial charge < -0.3 is 14.4 Å². The first-order valence-corrected chi connectivity index (χ1v) is 12.7. The zero-order valence-corrected chi connectivity index (χ0v) is 21.2. The maximum Gasteiger partial charge on any atom is 0.242 e. The molecular formula is C28H40FN3O2. The minimum Gasteiger partial charge on any atom is -0.345 e. The van der Waals surface area contributed by atoms with Crippen LogP contribution in [0, 0.1) is 11.7 Å². The van der Waals surface area contributed by atoms with Crippen molar-refractivity contribution in [2.75, 3.05) is 6.54 Å². The third-order valence-corrected chi connectivity index (χ3v) is 6.69. The van der Waals surface area contributed by atoms with E-state index >= 15 is 0 Å². The molecule has 34 heavy (non-hydrogen) atoms. The van der Waals surface area contributed by atoms with Crippen LogP contribution in [0.2, 0.25) is 0 Å². The van der Waals surface area contributed by atoms with Crippen molar-refractivity contribution < 1.29 is 14.0 Å². The molecule has 0 radical (unpaired) electrons. The maximum atomic E-state index is 13.7. The van der Waals surface area contributed by atoms with Gasteiger partial charge in [0.05, 0.1) is 13.1 Å². The second-order valence-corrected chi connectivity index (χ2v) is 10.3. The van der Waals surface area contributed by atoms with Crippen molar-refractivity contribution in [3.8, 4) is 0 Å². The van der Waals surface area contributed by atoms with Crippen LogP contribution in [0.1, 0.15) is 77.5 Å². The van der Waals surface area contributed by atoms with Gasteiger partial charge in [-0.3, -0.25) is 9.59 Å². The number of amides is 2. The van der Waals surface area contributed by atoms with E-state index in [-0.39, 0.29) is 42.2 Å². The van der Waals surface area contributed by atoms with Gasteiger partial charge in [0.2, 0.25) is 11.8 Å². The maximum absolute atomic E-state index is 13.7. The third kappa shape index (κ3) is 7.18. The fourth-order valence-electron chi connectivity index (χ4n) is 4.78. The average Bonchev–Trinajstić information content (AvgIpc) is 3.23. The molecule has 0 aliphatic heterocycles. The third-order valence-electron chi connectivity index (χ3n) is 6.69. The van der Waals surface area contributed by atoms with E-state index in [9.17, 15) is 14.0 Å². The molecule has 3 rings (SSSR count). The van der Waals surface area contributed by atoms with Crippen LogP contribution in [0.4, 0.5) is 4.39 Å². The lowest BCUT2D eigenvalue weighted by Crippen LogP contribution is -2.49. The van der Waals surface area contributed by atoms with Gasteiger partial charge in [0.15, 0.2) is 0 Å². The first kappa shape index (κ1) is 26.0. The zero-order chi connectivity index (χ0) is 24.7. The van der Waals surface area contributed by atoms with Crippen molar-refractivity contribution >= 4 is 11.8 Å². The molecule has 0 atom stereocenters. The summed E-state index contributed by atoms with van der Waals surface area (Å²) in [5.74, 6) is 0.0779. The fraction of sp³-hybridized carbons (Fsp3) is 0.571. The van der Waals surface area contributed by atoms with E-state index in [2.05, 4.69) is 10.6 Å². The van der Waals surface area contributed by atoms with Gasteiger partial charge in [0, 0.05) is 36.9 Å². The summed E-state index contributed by atoms with van der Waals surface area (Å²) in [6, 6.07) is 10.8.